The molecule has 0 saturated carbocycles. The van der Waals surface area contributed by atoms with Crippen molar-refractivity contribution in [3.63, 3.8) is 0 Å². The van der Waals surface area contributed by atoms with E-state index in [1.54, 1.807) is 45.3 Å². The van der Waals surface area contributed by atoms with Crippen molar-refractivity contribution in [2.75, 3.05) is 4.72 Å². The first-order valence-corrected chi connectivity index (χ1v) is 9.50. The molecule has 2 aromatic carbocycles. The Balaban J connectivity index is 2.08. The lowest BCUT2D eigenvalue weighted by atomic mass is 10.2. The molecule has 7 heteroatoms. The van der Waals surface area contributed by atoms with Crippen LogP contribution in [-0.4, -0.2) is 17.6 Å². The molecule has 0 atom stereocenters. The number of aromatic nitrogens is 2. The van der Waals surface area contributed by atoms with Gasteiger partial charge >= 0.3 is 5.69 Å². The van der Waals surface area contributed by atoms with Gasteiger partial charge in [-0.15, -0.1) is 0 Å². The van der Waals surface area contributed by atoms with E-state index in [1.807, 2.05) is 19.1 Å². The van der Waals surface area contributed by atoms with Crippen molar-refractivity contribution < 1.29 is 8.42 Å². The van der Waals surface area contributed by atoms with E-state index in [4.69, 9.17) is 0 Å². The largest absolute Gasteiger partial charge is 0.328 e. The molecule has 0 aliphatic rings. The van der Waals surface area contributed by atoms with Gasteiger partial charge in [-0.05, 0) is 48.7 Å². The second-order valence-electron chi connectivity index (χ2n) is 6.16. The standard InChI is InChI=1S/C18H21N3O3S/c1-5-13-6-8-14(9-7-13)19-25(23,24)17-11-16-15(10-12(17)2)20(3)18(22)21(16)4/h6-11,19H,5H2,1-4H3. The van der Waals surface area contributed by atoms with E-state index in [0.717, 1.165) is 12.0 Å². The van der Waals surface area contributed by atoms with E-state index in [9.17, 15) is 13.2 Å². The molecule has 132 valence electrons. The molecule has 0 radical (unpaired) electrons. The Hall–Kier alpha value is -2.54. The molecular formula is C18H21N3O3S. The zero-order valence-corrected chi connectivity index (χ0v) is 15.5. The van der Waals surface area contributed by atoms with Gasteiger partial charge in [0.15, 0.2) is 0 Å². The highest BCUT2D eigenvalue weighted by atomic mass is 32.2. The molecule has 0 spiro atoms. The molecule has 1 heterocycles. The molecule has 1 N–H and O–H groups in total. The van der Waals surface area contributed by atoms with Crippen molar-refractivity contribution in [3.05, 3.63) is 58.0 Å². The number of benzene rings is 2. The second kappa shape index (κ2) is 6.07. The lowest BCUT2D eigenvalue weighted by Gasteiger charge is -2.11. The predicted molar refractivity (Wildman–Crippen MR) is 99.5 cm³/mol. The number of fused-ring (bicyclic) bond motifs is 1. The van der Waals surface area contributed by atoms with Gasteiger partial charge in [0.25, 0.3) is 10.0 Å². The highest BCUT2D eigenvalue weighted by Gasteiger charge is 2.20. The summed E-state index contributed by atoms with van der Waals surface area (Å²) in [6, 6.07) is 10.6. The first-order valence-electron chi connectivity index (χ1n) is 8.02. The summed E-state index contributed by atoms with van der Waals surface area (Å²) in [5, 5.41) is 0. The number of nitrogens with one attached hydrogen (secondary N) is 1. The number of aryl methyl sites for hydroxylation is 4. The van der Waals surface area contributed by atoms with Crippen LogP contribution >= 0.6 is 0 Å². The van der Waals surface area contributed by atoms with E-state index in [2.05, 4.69) is 4.72 Å². The minimum absolute atomic E-state index is 0.167. The van der Waals surface area contributed by atoms with Crippen LogP contribution in [0, 0.1) is 6.92 Å². The van der Waals surface area contributed by atoms with Gasteiger partial charge in [-0.25, -0.2) is 13.2 Å². The van der Waals surface area contributed by atoms with Crippen LogP contribution in [0.15, 0.2) is 46.1 Å². The summed E-state index contributed by atoms with van der Waals surface area (Å²) in [5.41, 5.74) is 3.34. The van der Waals surface area contributed by atoms with Crippen LogP contribution in [-0.2, 0) is 30.5 Å². The van der Waals surface area contributed by atoms with E-state index in [-0.39, 0.29) is 10.6 Å². The van der Waals surface area contributed by atoms with E-state index < -0.39 is 10.0 Å². The number of hydrogen-bond acceptors (Lipinski definition) is 3. The zero-order chi connectivity index (χ0) is 18.4. The Morgan fingerprint density at radius 2 is 1.56 bits per heavy atom. The molecule has 0 amide bonds. The van der Waals surface area contributed by atoms with Gasteiger partial charge in [-0.3, -0.25) is 13.9 Å². The second-order valence-corrected chi connectivity index (χ2v) is 7.81. The molecule has 1 aromatic heterocycles. The molecule has 0 fully saturated rings. The SMILES string of the molecule is CCc1ccc(NS(=O)(=O)c2cc3c(cc2C)n(C)c(=O)n3C)cc1. The van der Waals surface area contributed by atoms with Gasteiger partial charge in [0.05, 0.1) is 15.9 Å². The van der Waals surface area contributed by atoms with E-state index in [0.29, 0.717) is 22.3 Å². The van der Waals surface area contributed by atoms with Crippen molar-refractivity contribution in [1.29, 1.82) is 0 Å². The predicted octanol–water partition coefficient (Wildman–Crippen LogP) is 2.55. The molecule has 6 nitrogen and oxygen atoms in total. The van der Waals surface area contributed by atoms with Crippen LogP contribution in [0.5, 0.6) is 0 Å². The van der Waals surface area contributed by atoms with Gasteiger partial charge in [0.2, 0.25) is 0 Å². The first kappa shape index (κ1) is 17.3. The van der Waals surface area contributed by atoms with E-state index >= 15 is 0 Å². The molecule has 3 rings (SSSR count). The Morgan fingerprint density at radius 3 is 2.12 bits per heavy atom. The summed E-state index contributed by atoms with van der Waals surface area (Å²) in [6.07, 6.45) is 0.894. The normalized spacial score (nSPS) is 11.8. The third-order valence-electron chi connectivity index (χ3n) is 4.47. The number of anilines is 1. The number of sulfonamides is 1. The molecule has 0 aliphatic carbocycles. The number of rotatable bonds is 4. The van der Waals surface area contributed by atoms with Gasteiger partial charge < -0.3 is 0 Å². The average Bonchev–Trinajstić information content (AvgIpc) is 2.78. The number of nitrogens with zero attached hydrogens (tertiary/aromatic N) is 2. The third kappa shape index (κ3) is 2.95. The Kier molecular flexibility index (Phi) is 4.20. The minimum atomic E-state index is -3.75. The van der Waals surface area contributed by atoms with Crippen LogP contribution in [0.3, 0.4) is 0 Å². The molecular weight excluding hydrogens is 338 g/mol. The molecule has 0 unspecified atom stereocenters. The van der Waals surface area contributed by atoms with Crippen LogP contribution in [0.1, 0.15) is 18.1 Å². The Labute approximate surface area is 146 Å². The highest BCUT2D eigenvalue weighted by Crippen LogP contribution is 2.24. The van der Waals surface area contributed by atoms with Gasteiger partial charge in [0.1, 0.15) is 0 Å². The monoisotopic (exact) mass is 359 g/mol. The molecule has 25 heavy (non-hydrogen) atoms. The lowest BCUT2D eigenvalue weighted by molar-refractivity contribution is 0.600. The quantitative estimate of drug-likeness (QED) is 0.778. The fourth-order valence-electron chi connectivity index (χ4n) is 2.94. The summed E-state index contributed by atoms with van der Waals surface area (Å²) in [7, 11) is -0.445. The number of imidazole rings is 1. The maximum atomic E-state index is 12.8. The first-order chi connectivity index (χ1) is 11.7. The maximum absolute atomic E-state index is 12.8. The third-order valence-corrected chi connectivity index (χ3v) is 6.00. The van der Waals surface area contributed by atoms with Crippen LogP contribution in [0.4, 0.5) is 5.69 Å². The molecule has 0 saturated heterocycles. The lowest BCUT2D eigenvalue weighted by Crippen LogP contribution is -2.19. The van der Waals surface area contributed by atoms with Crippen LogP contribution < -0.4 is 10.4 Å². The zero-order valence-electron chi connectivity index (χ0n) is 14.7. The fraction of sp³-hybridized carbons (Fsp3) is 0.278. The molecule has 0 bridgehead atoms. The summed E-state index contributed by atoms with van der Waals surface area (Å²) in [6.45, 7) is 3.77. The topological polar surface area (TPSA) is 73.1 Å². The summed E-state index contributed by atoms with van der Waals surface area (Å²) < 4.78 is 31.2. The van der Waals surface area contributed by atoms with Gasteiger partial charge in [-0.2, -0.15) is 0 Å². The average molecular weight is 359 g/mol. The van der Waals surface area contributed by atoms with Crippen molar-refractivity contribution in [2.45, 2.75) is 25.2 Å². The van der Waals surface area contributed by atoms with Crippen molar-refractivity contribution >= 4 is 26.7 Å². The summed E-state index contributed by atoms with van der Waals surface area (Å²) in [4.78, 5) is 12.2. The van der Waals surface area contributed by atoms with Gasteiger partial charge in [-0.1, -0.05) is 19.1 Å². The van der Waals surface area contributed by atoms with Crippen molar-refractivity contribution in [1.82, 2.24) is 9.13 Å². The Bertz CT molecular complexity index is 1110. The number of hydrogen-bond donors (Lipinski definition) is 1. The summed E-state index contributed by atoms with van der Waals surface area (Å²) >= 11 is 0. The highest BCUT2D eigenvalue weighted by molar-refractivity contribution is 7.92. The van der Waals surface area contributed by atoms with Crippen LogP contribution in [0.2, 0.25) is 0 Å². The van der Waals surface area contributed by atoms with Crippen LogP contribution in [0.25, 0.3) is 11.0 Å². The van der Waals surface area contributed by atoms with Crippen molar-refractivity contribution in [2.24, 2.45) is 14.1 Å². The minimum Gasteiger partial charge on any atom is -0.295 e. The van der Waals surface area contributed by atoms with Crippen molar-refractivity contribution in [3.8, 4) is 0 Å². The maximum Gasteiger partial charge on any atom is 0.328 e. The van der Waals surface area contributed by atoms with E-state index in [1.165, 1.54) is 9.13 Å². The van der Waals surface area contributed by atoms with Gasteiger partial charge in [0, 0.05) is 19.8 Å². The smallest absolute Gasteiger partial charge is 0.295 e. The molecule has 3 aromatic rings. The summed E-state index contributed by atoms with van der Waals surface area (Å²) in [5.74, 6) is 0. The molecule has 0 aliphatic heterocycles. The fourth-order valence-corrected chi connectivity index (χ4v) is 4.24. The Morgan fingerprint density at radius 1 is 1.00 bits per heavy atom.